The van der Waals surface area contributed by atoms with Gasteiger partial charge < -0.3 is 10.6 Å². The summed E-state index contributed by atoms with van der Waals surface area (Å²) in [6, 6.07) is 19.2. The molecule has 1 aromatic carbocycles. The van der Waals surface area contributed by atoms with Crippen LogP contribution in [0.4, 0.5) is 0 Å². The Morgan fingerprint density at radius 3 is 2.13 bits per heavy atom. The summed E-state index contributed by atoms with van der Waals surface area (Å²) in [5.74, 6) is -0.0773. The highest BCUT2D eigenvalue weighted by Gasteiger charge is 2.21. The summed E-state index contributed by atoms with van der Waals surface area (Å²) in [6.07, 6.45) is 8.65. The molecule has 156 valence electrons. The summed E-state index contributed by atoms with van der Waals surface area (Å²) >= 11 is 0. The normalized spacial score (nSPS) is 11.9. The van der Waals surface area contributed by atoms with Crippen LogP contribution in [0, 0.1) is 0 Å². The van der Waals surface area contributed by atoms with Gasteiger partial charge in [-0.25, -0.2) is 0 Å². The van der Waals surface area contributed by atoms with Gasteiger partial charge in [-0.3, -0.25) is 19.7 Å². The van der Waals surface area contributed by atoms with Gasteiger partial charge in [-0.05, 0) is 60.4 Å². The zero-order valence-electron chi connectivity index (χ0n) is 17.2. The van der Waals surface area contributed by atoms with Gasteiger partial charge in [0.1, 0.15) is 6.04 Å². The smallest absolute Gasteiger partial charge is 0.243 e. The maximum atomic E-state index is 13.1. The first kappa shape index (κ1) is 20.6. The number of benzene rings is 1. The zero-order chi connectivity index (χ0) is 21.3. The van der Waals surface area contributed by atoms with Crippen molar-refractivity contribution < 1.29 is 4.79 Å². The van der Waals surface area contributed by atoms with Crippen LogP contribution < -0.4 is 10.6 Å². The molecule has 0 radical (unpaired) electrons. The molecule has 31 heavy (non-hydrogen) atoms. The fourth-order valence-corrected chi connectivity index (χ4v) is 3.47. The molecule has 0 saturated heterocycles. The van der Waals surface area contributed by atoms with Gasteiger partial charge in [0.15, 0.2) is 0 Å². The van der Waals surface area contributed by atoms with E-state index >= 15 is 0 Å². The first-order valence-corrected chi connectivity index (χ1v) is 10.4. The standard InChI is InChI=1S/C25H25N5O/c31-25(29-18-12-20-9-15-27-16-10-20)24(28-17-11-19-7-13-26-14-8-19)23-6-5-21-3-1-2-4-22(21)30-23/h1-10,13-16,24,28H,11-12,17-18H2,(H,29,31). The van der Waals surface area contributed by atoms with Crippen LogP contribution in [0.15, 0.2) is 85.5 Å². The van der Waals surface area contributed by atoms with Gasteiger partial charge in [-0.2, -0.15) is 0 Å². The zero-order valence-corrected chi connectivity index (χ0v) is 17.2. The second-order valence-corrected chi connectivity index (χ2v) is 7.32. The van der Waals surface area contributed by atoms with Gasteiger partial charge in [0.2, 0.25) is 5.91 Å². The highest BCUT2D eigenvalue weighted by molar-refractivity contribution is 5.84. The Labute approximate surface area is 181 Å². The van der Waals surface area contributed by atoms with Gasteiger partial charge in [0.05, 0.1) is 11.2 Å². The number of pyridine rings is 3. The number of aromatic nitrogens is 3. The molecule has 0 aliphatic rings. The third-order valence-electron chi connectivity index (χ3n) is 5.15. The minimum Gasteiger partial charge on any atom is -0.354 e. The molecule has 1 amide bonds. The molecule has 6 nitrogen and oxygen atoms in total. The van der Waals surface area contributed by atoms with Gasteiger partial charge in [-0.15, -0.1) is 0 Å². The van der Waals surface area contributed by atoms with Crippen LogP contribution in [0.3, 0.4) is 0 Å². The van der Waals surface area contributed by atoms with Crippen LogP contribution in [0.25, 0.3) is 10.9 Å². The number of fused-ring (bicyclic) bond motifs is 1. The van der Waals surface area contributed by atoms with Crippen molar-refractivity contribution in [3.8, 4) is 0 Å². The Morgan fingerprint density at radius 1 is 0.774 bits per heavy atom. The number of hydrogen-bond donors (Lipinski definition) is 2. The van der Waals surface area contributed by atoms with Crippen molar-refractivity contribution in [2.24, 2.45) is 0 Å². The van der Waals surface area contributed by atoms with E-state index in [1.807, 2.05) is 60.7 Å². The molecule has 1 atom stereocenters. The monoisotopic (exact) mass is 411 g/mol. The van der Waals surface area contributed by atoms with Crippen molar-refractivity contribution in [3.05, 3.63) is 102 Å². The molecule has 0 spiro atoms. The van der Waals surface area contributed by atoms with Crippen LogP contribution >= 0.6 is 0 Å². The first-order chi connectivity index (χ1) is 15.3. The summed E-state index contributed by atoms with van der Waals surface area (Å²) in [5.41, 5.74) is 3.91. The van der Waals surface area contributed by atoms with Gasteiger partial charge in [0, 0.05) is 43.3 Å². The van der Waals surface area contributed by atoms with Crippen LogP contribution in [-0.4, -0.2) is 33.9 Å². The van der Waals surface area contributed by atoms with Crippen molar-refractivity contribution in [2.45, 2.75) is 18.9 Å². The Kier molecular flexibility index (Phi) is 6.92. The molecule has 6 heteroatoms. The fraction of sp³-hybridized carbons (Fsp3) is 0.200. The summed E-state index contributed by atoms with van der Waals surface area (Å²) in [7, 11) is 0. The van der Waals surface area contributed by atoms with Gasteiger partial charge in [-0.1, -0.05) is 24.3 Å². The van der Waals surface area contributed by atoms with Crippen LogP contribution in [0.5, 0.6) is 0 Å². The number of nitrogens with zero attached hydrogens (tertiary/aromatic N) is 3. The van der Waals surface area contributed by atoms with Crippen LogP contribution in [-0.2, 0) is 17.6 Å². The number of amides is 1. The van der Waals surface area contributed by atoms with Crippen molar-refractivity contribution >= 4 is 16.8 Å². The van der Waals surface area contributed by atoms with Crippen molar-refractivity contribution in [1.82, 2.24) is 25.6 Å². The molecular formula is C25H25N5O. The summed E-state index contributed by atoms with van der Waals surface area (Å²) in [5, 5.41) is 7.50. The minimum absolute atomic E-state index is 0.0773. The highest BCUT2D eigenvalue weighted by Crippen LogP contribution is 2.17. The van der Waals surface area contributed by atoms with Crippen molar-refractivity contribution in [2.75, 3.05) is 13.1 Å². The molecule has 3 aromatic heterocycles. The Bertz CT molecular complexity index is 1120. The molecule has 1 unspecified atom stereocenters. The van der Waals surface area contributed by atoms with Crippen molar-refractivity contribution in [3.63, 3.8) is 0 Å². The van der Waals surface area contributed by atoms with Crippen LogP contribution in [0.2, 0.25) is 0 Å². The average Bonchev–Trinajstić information content (AvgIpc) is 2.83. The van der Waals surface area contributed by atoms with E-state index in [2.05, 4.69) is 20.6 Å². The van der Waals surface area contributed by atoms with E-state index in [1.165, 1.54) is 5.56 Å². The molecule has 0 aliphatic carbocycles. The van der Waals surface area contributed by atoms with E-state index in [1.54, 1.807) is 24.8 Å². The Hall–Kier alpha value is -3.64. The largest absolute Gasteiger partial charge is 0.354 e. The topological polar surface area (TPSA) is 79.8 Å². The lowest BCUT2D eigenvalue weighted by molar-refractivity contribution is -0.123. The van der Waals surface area contributed by atoms with Crippen molar-refractivity contribution in [1.29, 1.82) is 0 Å². The van der Waals surface area contributed by atoms with E-state index < -0.39 is 6.04 Å². The van der Waals surface area contributed by atoms with E-state index in [9.17, 15) is 4.79 Å². The number of rotatable bonds is 9. The predicted molar refractivity (Wildman–Crippen MR) is 121 cm³/mol. The molecule has 0 bridgehead atoms. The van der Waals surface area contributed by atoms with E-state index in [0.29, 0.717) is 13.1 Å². The Morgan fingerprint density at radius 2 is 1.42 bits per heavy atom. The third kappa shape index (κ3) is 5.71. The first-order valence-electron chi connectivity index (χ1n) is 10.4. The van der Waals surface area contributed by atoms with E-state index in [0.717, 1.165) is 35.0 Å². The van der Waals surface area contributed by atoms with Gasteiger partial charge >= 0.3 is 0 Å². The molecule has 0 saturated carbocycles. The van der Waals surface area contributed by atoms with Crippen LogP contribution in [0.1, 0.15) is 22.9 Å². The molecule has 0 aliphatic heterocycles. The number of para-hydroxylation sites is 1. The second-order valence-electron chi connectivity index (χ2n) is 7.32. The third-order valence-corrected chi connectivity index (χ3v) is 5.15. The summed E-state index contributed by atoms with van der Waals surface area (Å²) in [6.45, 7) is 1.21. The number of carbonyl (C=O) groups excluding carboxylic acids is 1. The predicted octanol–water partition coefficient (Wildman–Crippen LogP) is 3.26. The van der Waals surface area contributed by atoms with E-state index in [4.69, 9.17) is 4.98 Å². The lowest BCUT2D eigenvalue weighted by Gasteiger charge is -2.19. The molecule has 0 fully saturated rings. The fourth-order valence-electron chi connectivity index (χ4n) is 3.47. The lowest BCUT2D eigenvalue weighted by atomic mass is 10.1. The molecule has 4 aromatic rings. The summed E-state index contributed by atoms with van der Waals surface area (Å²) in [4.78, 5) is 25.9. The minimum atomic E-state index is -0.524. The Balaban J connectivity index is 1.45. The van der Waals surface area contributed by atoms with E-state index in [-0.39, 0.29) is 5.91 Å². The second kappa shape index (κ2) is 10.4. The molecule has 3 heterocycles. The molecule has 2 N–H and O–H groups in total. The quantitative estimate of drug-likeness (QED) is 0.442. The molecule has 4 rings (SSSR count). The SMILES string of the molecule is O=C(NCCc1ccncc1)C(NCCc1ccncc1)c1ccc2ccccc2n1. The average molecular weight is 412 g/mol. The maximum absolute atomic E-state index is 13.1. The highest BCUT2D eigenvalue weighted by atomic mass is 16.2. The number of hydrogen-bond acceptors (Lipinski definition) is 5. The van der Waals surface area contributed by atoms with Gasteiger partial charge in [0.25, 0.3) is 0 Å². The number of nitrogens with one attached hydrogen (secondary N) is 2. The lowest BCUT2D eigenvalue weighted by Crippen LogP contribution is -2.39. The maximum Gasteiger partial charge on any atom is 0.243 e. The number of carbonyl (C=O) groups is 1. The summed E-state index contributed by atoms with van der Waals surface area (Å²) < 4.78 is 0. The molecular weight excluding hydrogens is 386 g/mol.